The highest BCUT2D eigenvalue weighted by Crippen LogP contribution is 2.45. The van der Waals surface area contributed by atoms with Crippen LogP contribution in [0.5, 0.6) is 0 Å². The van der Waals surface area contributed by atoms with E-state index in [0.717, 1.165) is 0 Å². The Morgan fingerprint density at radius 1 is 1.29 bits per heavy atom. The lowest BCUT2D eigenvalue weighted by Crippen LogP contribution is -2.61. The van der Waals surface area contributed by atoms with Crippen LogP contribution in [0.4, 0.5) is 5.82 Å². The van der Waals surface area contributed by atoms with Gasteiger partial charge >= 0.3 is 0 Å². The molecule has 0 aliphatic carbocycles. The minimum Gasteiger partial charge on any atom is -0.393 e. The number of nitrogens with one attached hydrogen (secondary N) is 1. The van der Waals surface area contributed by atoms with Crippen LogP contribution in [-0.4, -0.2) is 66.7 Å². The number of hydrogen-bond acceptors (Lipinski definition) is 8. The predicted octanol–water partition coefficient (Wildman–Crippen LogP) is 0.0982. The summed E-state index contributed by atoms with van der Waals surface area (Å²) in [5.41, 5.74) is 0.317. The van der Waals surface area contributed by atoms with Crippen LogP contribution < -0.4 is 5.32 Å². The van der Waals surface area contributed by atoms with E-state index in [2.05, 4.69) is 20.3 Å². The van der Waals surface area contributed by atoms with E-state index < -0.39 is 24.0 Å². The summed E-state index contributed by atoms with van der Waals surface area (Å²) < 4.78 is 12.8. The number of aromatic nitrogens is 4. The first-order valence-corrected chi connectivity index (χ1v) is 8.75. The summed E-state index contributed by atoms with van der Waals surface area (Å²) >= 11 is 0. The molecular weight excluding hydrogens is 366 g/mol. The van der Waals surface area contributed by atoms with E-state index in [1.807, 2.05) is 6.07 Å². The molecule has 3 N–H and O–H groups in total. The number of hydrogen-bond donors (Lipinski definition) is 3. The maximum Gasteiger partial charge on any atom is 0.256 e. The molecule has 2 aliphatic heterocycles. The number of carbonyl (C=O) groups is 1. The van der Waals surface area contributed by atoms with Crippen molar-refractivity contribution in [1.82, 2.24) is 19.5 Å². The summed E-state index contributed by atoms with van der Waals surface area (Å²) in [7, 11) is 0. The fourth-order valence-electron chi connectivity index (χ4n) is 3.63. The van der Waals surface area contributed by atoms with Gasteiger partial charge < -0.3 is 25.0 Å². The number of ether oxygens (including phenoxy) is 2. The second-order valence-electron chi connectivity index (χ2n) is 6.82. The van der Waals surface area contributed by atoms with Crippen molar-refractivity contribution in [1.29, 1.82) is 0 Å². The van der Waals surface area contributed by atoms with Gasteiger partial charge in [0.1, 0.15) is 24.1 Å². The van der Waals surface area contributed by atoms with Crippen molar-refractivity contribution in [3.8, 4) is 0 Å². The number of benzene rings is 1. The molecule has 2 saturated heterocycles. The average Bonchev–Trinajstić information content (AvgIpc) is 3.20. The highest BCUT2D eigenvalue weighted by molar-refractivity contribution is 6.06. The van der Waals surface area contributed by atoms with Gasteiger partial charge in [-0.05, 0) is 12.1 Å². The molecular formula is C18H17N5O5. The van der Waals surface area contributed by atoms with Gasteiger partial charge in [-0.2, -0.15) is 0 Å². The van der Waals surface area contributed by atoms with Crippen molar-refractivity contribution in [2.45, 2.75) is 24.0 Å². The van der Waals surface area contributed by atoms with Crippen molar-refractivity contribution in [3.05, 3.63) is 48.5 Å². The molecule has 10 nitrogen and oxygen atoms in total. The molecule has 10 heteroatoms. The zero-order valence-corrected chi connectivity index (χ0v) is 14.6. The van der Waals surface area contributed by atoms with E-state index in [9.17, 15) is 15.0 Å². The Hall–Kier alpha value is -2.92. The Kier molecular flexibility index (Phi) is 3.88. The molecule has 3 aromatic rings. The van der Waals surface area contributed by atoms with Gasteiger partial charge in [0.15, 0.2) is 23.2 Å². The number of amides is 1. The Labute approximate surface area is 158 Å². The highest BCUT2D eigenvalue weighted by atomic mass is 16.7. The van der Waals surface area contributed by atoms with E-state index in [0.29, 0.717) is 16.7 Å². The van der Waals surface area contributed by atoms with Gasteiger partial charge in [-0.3, -0.25) is 9.36 Å². The first-order valence-electron chi connectivity index (χ1n) is 8.75. The first-order chi connectivity index (χ1) is 13.6. The van der Waals surface area contributed by atoms with Crippen LogP contribution >= 0.6 is 0 Å². The van der Waals surface area contributed by atoms with E-state index in [4.69, 9.17) is 9.47 Å². The van der Waals surface area contributed by atoms with E-state index >= 15 is 0 Å². The SMILES string of the molecule is O=C(Nc1ncnc2c1ncn2[C@@H]1O[C@@]2(CO)CO[C@H]2[C@H]1O)c1ccccc1. The molecule has 0 saturated carbocycles. The minimum absolute atomic E-state index is 0.210. The Bertz CT molecular complexity index is 1040. The third-order valence-electron chi connectivity index (χ3n) is 5.15. The molecule has 4 atom stereocenters. The summed E-state index contributed by atoms with van der Waals surface area (Å²) in [5, 5.41) is 22.9. The van der Waals surface area contributed by atoms with Crippen LogP contribution in [0.15, 0.2) is 43.0 Å². The Balaban J connectivity index is 1.47. The molecule has 0 radical (unpaired) electrons. The van der Waals surface area contributed by atoms with Crippen LogP contribution in [0, 0.1) is 0 Å². The predicted molar refractivity (Wildman–Crippen MR) is 95.4 cm³/mol. The van der Waals surface area contributed by atoms with Crippen LogP contribution in [0.1, 0.15) is 16.6 Å². The van der Waals surface area contributed by atoms with E-state index in [1.54, 1.807) is 28.8 Å². The third-order valence-corrected chi connectivity index (χ3v) is 5.15. The van der Waals surface area contributed by atoms with Crippen LogP contribution in [-0.2, 0) is 9.47 Å². The summed E-state index contributed by atoms with van der Waals surface area (Å²) in [6.07, 6.45) is 0.336. The minimum atomic E-state index is -0.990. The lowest BCUT2D eigenvalue weighted by Gasteiger charge is -2.41. The highest BCUT2D eigenvalue weighted by Gasteiger charge is 2.62. The smallest absolute Gasteiger partial charge is 0.256 e. The van der Waals surface area contributed by atoms with E-state index in [-0.39, 0.29) is 24.9 Å². The molecule has 1 aromatic carbocycles. The summed E-state index contributed by atoms with van der Waals surface area (Å²) in [4.78, 5) is 25.1. The van der Waals surface area contributed by atoms with Gasteiger partial charge in [-0.1, -0.05) is 18.2 Å². The lowest BCUT2D eigenvalue weighted by molar-refractivity contribution is -0.246. The third kappa shape index (κ3) is 2.43. The van der Waals surface area contributed by atoms with Gasteiger partial charge in [0, 0.05) is 5.56 Å². The number of anilines is 1. The number of carbonyl (C=O) groups excluding carboxylic acids is 1. The number of nitrogens with zero attached hydrogens (tertiary/aromatic N) is 4. The van der Waals surface area contributed by atoms with Gasteiger partial charge in [0.25, 0.3) is 5.91 Å². The second-order valence-corrected chi connectivity index (χ2v) is 6.82. The maximum atomic E-state index is 12.4. The lowest BCUT2D eigenvalue weighted by atomic mass is 9.91. The average molecular weight is 383 g/mol. The summed E-state index contributed by atoms with van der Waals surface area (Å²) in [6, 6.07) is 8.75. The number of aliphatic hydroxyl groups is 2. The Morgan fingerprint density at radius 2 is 2.11 bits per heavy atom. The molecule has 5 rings (SSSR count). The molecule has 1 amide bonds. The topological polar surface area (TPSA) is 132 Å². The quantitative estimate of drug-likeness (QED) is 0.578. The fraction of sp³-hybridized carbons (Fsp3) is 0.333. The molecule has 2 aromatic heterocycles. The molecule has 0 bridgehead atoms. The largest absolute Gasteiger partial charge is 0.393 e. The standard InChI is InChI=1S/C18H17N5O5/c24-6-18-7-27-13(18)12(25)17(28-18)23-9-21-11-14(19-8-20-15(11)23)22-16(26)10-4-2-1-3-5-10/h1-5,8-9,12-13,17,24-25H,6-7H2,(H,19,20,22,26)/t12-,13+,17-,18+/m1/s1. The molecule has 144 valence electrons. The molecule has 28 heavy (non-hydrogen) atoms. The Morgan fingerprint density at radius 3 is 2.79 bits per heavy atom. The molecule has 2 fully saturated rings. The van der Waals surface area contributed by atoms with Gasteiger partial charge in [0.2, 0.25) is 0 Å². The zero-order chi connectivity index (χ0) is 19.3. The number of fused-ring (bicyclic) bond motifs is 2. The summed E-state index contributed by atoms with van der Waals surface area (Å²) in [6.45, 7) is -0.0487. The van der Waals surface area contributed by atoms with Gasteiger partial charge in [0.05, 0.1) is 19.5 Å². The van der Waals surface area contributed by atoms with Crippen molar-refractivity contribution >= 4 is 22.9 Å². The second kappa shape index (κ2) is 6.31. The van der Waals surface area contributed by atoms with Gasteiger partial charge in [-0.25, -0.2) is 15.0 Å². The van der Waals surface area contributed by atoms with E-state index in [1.165, 1.54) is 12.7 Å². The molecule has 4 heterocycles. The van der Waals surface area contributed by atoms with Gasteiger partial charge in [-0.15, -0.1) is 0 Å². The number of rotatable bonds is 4. The van der Waals surface area contributed by atoms with Crippen molar-refractivity contribution in [2.75, 3.05) is 18.5 Å². The molecule has 0 unspecified atom stereocenters. The van der Waals surface area contributed by atoms with Crippen LogP contribution in [0.3, 0.4) is 0 Å². The van der Waals surface area contributed by atoms with Crippen molar-refractivity contribution < 1.29 is 24.5 Å². The molecule has 2 aliphatic rings. The van der Waals surface area contributed by atoms with Crippen LogP contribution in [0.2, 0.25) is 0 Å². The maximum absolute atomic E-state index is 12.4. The normalized spacial score (nSPS) is 28.7. The fourth-order valence-corrected chi connectivity index (χ4v) is 3.63. The monoisotopic (exact) mass is 383 g/mol. The number of imidazole rings is 1. The zero-order valence-electron chi connectivity index (χ0n) is 14.6. The van der Waals surface area contributed by atoms with Crippen molar-refractivity contribution in [3.63, 3.8) is 0 Å². The van der Waals surface area contributed by atoms with Crippen LogP contribution in [0.25, 0.3) is 11.2 Å². The number of aliphatic hydroxyl groups excluding tert-OH is 2. The van der Waals surface area contributed by atoms with Crippen molar-refractivity contribution in [2.24, 2.45) is 0 Å². The molecule has 0 spiro atoms. The summed E-state index contributed by atoms with van der Waals surface area (Å²) in [5.74, 6) is -0.0702. The first kappa shape index (κ1) is 17.2.